The van der Waals surface area contributed by atoms with Crippen LogP contribution >= 0.6 is 0 Å². The van der Waals surface area contributed by atoms with Gasteiger partial charge in [0.2, 0.25) is 0 Å². The van der Waals surface area contributed by atoms with Gasteiger partial charge in [0.1, 0.15) is 0 Å². The van der Waals surface area contributed by atoms with Crippen LogP contribution in [0.5, 0.6) is 0 Å². The minimum absolute atomic E-state index is 0.233. The van der Waals surface area contributed by atoms with Gasteiger partial charge in [0.25, 0.3) is 11.8 Å². The van der Waals surface area contributed by atoms with Crippen LogP contribution in [-0.2, 0) is 4.79 Å². The van der Waals surface area contributed by atoms with Gasteiger partial charge in [-0.15, -0.1) is 0 Å². The predicted octanol–water partition coefficient (Wildman–Crippen LogP) is 2.92. The number of benzene rings is 1. The van der Waals surface area contributed by atoms with Crippen molar-refractivity contribution in [3.8, 4) is 0 Å². The van der Waals surface area contributed by atoms with Crippen molar-refractivity contribution in [2.75, 3.05) is 0 Å². The molecule has 0 aliphatic carbocycles. The molecule has 0 aliphatic rings. The van der Waals surface area contributed by atoms with Gasteiger partial charge >= 0.3 is 0 Å². The lowest BCUT2D eigenvalue weighted by Crippen LogP contribution is -2.55. The molecule has 1 rings (SSSR count). The second-order valence-corrected chi connectivity index (χ2v) is 5.46. The van der Waals surface area contributed by atoms with Crippen LogP contribution in [0, 0.1) is 0 Å². The number of hydrogen-bond acceptors (Lipinski definition) is 2. The van der Waals surface area contributed by atoms with Gasteiger partial charge in [0.15, 0.2) is 0 Å². The number of nitrogens with one attached hydrogen (secondary N) is 1. The molecule has 108 valence electrons. The fourth-order valence-electron chi connectivity index (χ4n) is 1.60. The third-order valence-electron chi connectivity index (χ3n) is 2.64. The van der Waals surface area contributed by atoms with Gasteiger partial charge in [-0.25, -0.2) is 5.01 Å². The van der Waals surface area contributed by atoms with Crippen LogP contribution in [0.2, 0.25) is 0 Å². The highest BCUT2D eigenvalue weighted by molar-refractivity contribution is 5.97. The quantitative estimate of drug-likeness (QED) is 0.680. The molecule has 0 spiro atoms. The number of amides is 2. The fraction of sp³-hybridized carbons (Fsp3) is 0.375. The summed E-state index contributed by atoms with van der Waals surface area (Å²) in [6.45, 7) is 7.57. The summed E-state index contributed by atoms with van der Waals surface area (Å²) in [5.41, 5.74) is 2.70. The van der Waals surface area contributed by atoms with Gasteiger partial charge in [-0.1, -0.05) is 31.2 Å². The minimum atomic E-state index is -0.500. The van der Waals surface area contributed by atoms with Gasteiger partial charge < -0.3 is 0 Å². The first-order valence-corrected chi connectivity index (χ1v) is 6.73. The molecular weight excluding hydrogens is 252 g/mol. The normalized spacial score (nSPS) is 11.4. The summed E-state index contributed by atoms with van der Waals surface area (Å²) in [6.07, 6.45) is 4.03. The topological polar surface area (TPSA) is 49.4 Å². The van der Waals surface area contributed by atoms with Crippen molar-refractivity contribution in [3.63, 3.8) is 0 Å². The standard InChI is InChI=1S/C16H22N2O2/c1-5-6-12-14(19)18(16(2,3)4)17-15(20)13-10-8-7-9-11-13/h6-12H,5H2,1-4H3,(H,17,20)/b12-6+. The number of rotatable bonds is 3. The molecule has 1 N–H and O–H groups in total. The first-order chi connectivity index (χ1) is 9.36. The molecule has 2 amide bonds. The molecule has 1 aromatic carbocycles. The van der Waals surface area contributed by atoms with E-state index in [2.05, 4.69) is 5.43 Å². The van der Waals surface area contributed by atoms with Crippen LogP contribution in [0.15, 0.2) is 42.5 Å². The van der Waals surface area contributed by atoms with Crippen LogP contribution in [0.1, 0.15) is 44.5 Å². The molecule has 0 saturated carbocycles. The zero-order chi connectivity index (χ0) is 15.2. The Kier molecular flexibility index (Phi) is 5.50. The molecule has 1 aromatic rings. The summed E-state index contributed by atoms with van der Waals surface area (Å²) in [4.78, 5) is 24.3. The maximum atomic E-state index is 12.2. The van der Waals surface area contributed by atoms with Crippen LogP contribution in [0.4, 0.5) is 0 Å². The Hall–Kier alpha value is -2.10. The lowest BCUT2D eigenvalue weighted by atomic mass is 10.1. The Labute approximate surface area is 120 Å². The number of carbonyl (C=O) groups is 2. The van der Waals surface area contributed by atoms with Crippen molar-refractivity contribution in [1.82, 2.24) is 10.4 Å². The van der Waals surface area contributed by atoms with E-state index in [1.54, 1.807) is 30.3 Å². The molecule has 4 nitrogen and oxygen atoms in total. The van der Waals surface area contributed by atoms with Gasteiger partial charge in [-0.2, -0.15) is 0 Å². The van der Waals surface area contributed by atoms with Crippen molar-refractivity contribution in [2.24, 2.45) is 0 Å². The van der Waals surface area contributed by atoms with Crippen LogP contribution in [0.3, 0.4) is 0 Å². The number of hydrazine groups is 1. The smallest absolute Gasteiger partial charge is 0.268 e. The predicted molar refractivity (Wildman–Crippen MR) is 79.9 cm³/mol. The van der Waals surface area contributed by atoms with E-state index >= 15 is 0 Å². The van der Waals surface area contributed by atoms with Gasteiger partial charge in [0.05, 0.1) is 5.54 Å². The molecule has 0 saturated heterocycles. The number of hydrogen-bond donors (Lipinski definition) is 1. The zero-order valence-electron chi connectivity index (χ0n) is 12.5. The summed E-state index contributed by atoms with van der Waals surface area (Å²) >= 11 is 0. The summed E-state index contributed by atoms with van der Waals surface area (Å²) in [5, 5.41) is 1.36. The van der Waals surface area contributed by atoms with E-state index in [0.29, 0.717) is 5.56 Å². The highest BCUT2D eigenvalue weighted by Crippen LogP contribution is 2.12. The molecule has 0 fully saturated rings. The lowest BCUT2D eigenvalue weighted by Gasteiger charge is -2.34. The minimum Gasteiger partial charge on any atom is -0.268 e. The van der Waals surface area contributed by atoms with E-state index in [1.165, 1.54) is 11.1 Å². The largest absolute Gasteiger partial charge is 0.269 e. The van der Waals surface area contributed by atoms with E-state index in [-0.39, 0.29) is 11.8 Å². The van der Waals surface area contributed by atoms with Gasteiger partial charge in [-0.05, 0) is 39.3 Å². The third kappa shape index (κ3) is 4.53. The Balaban J connectivity index is 2.89. The average Bonchev–Trinajstić information content (AvgIpc) is 2.41. The molecule has 4 heteroatoms. The number of nitrogens with zero attached hydrogens (tertiary/aromatic N) is 1. The fourth-order valence-corrected chi connectivity index (χ4v) is 1.60. The molecule has 0 heterocycles. The van der Waals surface area contributed by atoms with Crippen LogP contribution in [-0.4, -0.2) is 22.4 Å². The summed E-state index contributed by atoms with van der Waals surface area (Å²) in [5.74, 6) is -0.526. The second-order valence-electron chi connectivity index (χ2n) is 5.46. The third-order valence-corrected chi connectivity index (χ3v) is 2.64. The van der Waals surface area contributed by atoms with Crippen LogP contribution in [0.25, 0.3) is 0 Å². The Bertz CT molecular complexity index is 487. The molecule has 0 aliphatic heterocycles. The summed E-state index contributed by atoms with van der Waals surface area (Å²) in [6, 6.07) is 8.84. The molecule has 20 heavy (non-hydrogen) atoms. The lowest BCUT2D eigenvalue weighted by molar-refractivity contribution is -0.133. The van der Waals surface area contributed by atoms with Gasteiger partial charge in [-0.3, -0.25) is 15.0 Å². The van der Waals surface area contributed by atoms with Crippen molar-refractivity contribution in [1.29, 1.82) is 0 Å². The zero-order valence-corrected chi connectivity index (χ0v) is 12.5. The second kappa shape index (κ2) is 6.89. The Morgan fingerprint density at radius 3 is 2.30 bits per heavy atom. The average molecular weight is 274 g/mol. The van der Waals surface area contributed by atoms with E-state index in [1.807, 2.05) is 33.8 Å². The molecule has 0 radical (unpaired) electrons. The van der Waals surface area contributed by atoms with Crippen molar-refractivity contribution >= 4 is 11.8 Å². The monoisotopic (exact) mass is 274 g/mol. The maximum absolute atomic E-state index is 12.2. The van der Waals surface area contributed by atoms with E-state index in [0.717, 1.165) is 6.42 Å². The summed E-state index contributed by atoms with van der Waals surface area (Å²) < 4.78 is 0. The van der Waals surface area contributed by atoms with Crippen LogP contribution < -0.4 is 5.43 Å². The Morgan fingerprint density at radius 1 is 1.20 bits per heavy atom. The van der Waals surface area contributed by atoms with Crippen molar-refractivity contribution in [2.45, 2.75) is 39.7 Å². The van der Waals surface area contributed by atoms with Gasteiger partial charge in [0, 0.05) is 11.6 Å². The Morgan fingerprint density at radius 2 is 1.80 bits per heavy atom. The molecule has 0 bridgehead atoms. The molecular formula is C16H22N2O2. The first-order valence-electron chi connectivity index (χ1n) is 6.73. The van der Waals surface area contributed by atoms with E-state index in [4.69, 9.17) is 0 Å². The number of carbonyl (C=O) groups excluding carboxylic acids is 2. The SMILES string of the molecule is CC/C=C/C(=O)N(NC(=O)c1ccccc1)C(C)(C)C. The first kappa shape index (κ1) is 16.0. The van der Waals surface area contributed by atoms with E-state index in [9.17, 15) is 9.59 Å². The number of allylic oxidation sites excluding steroid dienone is 1. The maximum Gasteiger partial charge on any atom is 0.269 e. The molecule has 0 unspecified atom stereocenters. The van der Waals surface area contributed by atoms with Crippen molar-refractivity contribution in [3.05, 3.63) is 48.0 Å². The molecule has 0 atom stereocenters. The highest BCUT2D eigenvalue weighted by atomic mass is 16.2. The van der Waals surface area contributed by atoms with E-state index < -0.39 is 5.54 Å². The summed E-state index contributed by atoms with van der Waals surface area (Å²) in [7, 11) is 0. The molecule has 0 aromatic heterocycles. The highest BCUT2D eigenvalue weighted by Gasteiger charge is 2.27. The van der Waals surface area contributed by atoms with Crippen molar-refractivity contribution < 1.29 is 9.59 Å².